The van der Waals surface area contributed by atoms with Gasteiger partial charge in [-0.25, -0.2) is 0 Å². The molecule has 1 nitrogen and oxygen atoms in total. The van der Waals surface area contributed by atoms with E-state index >= 15 is 0 Å². The Morgan fingerprint density at radius 3 is 2.12 bits per heavy atom. The molecule has 1 aromatic carbocycles. The summed E-state index contributed by atoms with van der Waals surface area (Å²) in [6.07, 6.45) is 9.80. The SMILES string of the molecule is C=CCC([NH3+])(C=Cc1ccccc1)CC=C. The van der Waals surface area contributed by atoms with E-state index < -0.39 is 0 Å². The third kappa shape index (κ3) is 3.87. The zero-order valence-electron chi connectivity index (χ0n) is 9.73. The van der Waals surface area contributed by atoms with E-state index in [2.05, 4.69) is 43.2 Å². The predicted octanol–water partition coefficient (Wildman–Crippen LogP) is 2.83. The molecule has 0 unspecified atom stereocenters. The van der Waals surface area contributed by atoms with Gasteiger partial charge in [0.05, 0.1) is 0 Å². The molecule has 0 aromatic heterocycles. The van der Waals surface area contributed by atoms with Crippen molar-refractivity contribution in [3.8, 4) is 0 Å². The summed E-state index contributed by atoms with van der Waals surface area (Å²) >= 11 is 0. The van der Waals surface area contributed by atoms with Gasteiger partial charge in [-0.1, -0.05) is 48.6 Å². The zero-order valence-corrected chi connectivity index (χ0v) is 9.73. The molecule has 0 heterocycles. The van der Waals surface area contributed by atoms with Gasteiger partial charge in [0.15, 0.2) is 0 Å². The van der Waals surface area contributed by atoms with Crippen LogP contribution in [-0.4, -0.2) is 5.54 Å². The standard InChI is InChI=1S/C15H19N/c1-3-11-15(16,12-4-2)13-10-14-8-6-5-7-9-14/h3-10,13H,1-2,11-12,16H2/p+1. The van der Waals surface area contributed by atoms with Crippen molar-refractivity contribution in [3.63, 3.8) is 0 Å². The Morgan fingerprint density at radius 2 is 1.62 bits per heavy atom. The highest BCUT2D eigenvalue weighted by Gasteiger charge is 2.21. The number of hydrogen-bond donors (Lipinski definition) is 1. The monoisotopic (exact) mass is 214 g/mol. The van der Waals surface area contributed by atoms with Crippen LogP contribution in [0.4, 0.5) is 0 Å². The molecule has 0 fully saturated rings. The van der Waals surface area contributed by atoms with Crippen molar-refractivity contribution >= 4 is 6.08 Å². The fourth-order valence-electron chi connectivity index (χ4n) is 1.63. The predicted molar refractivity (Wildman–Crippen MR) is 70.7 cm³/mol. The van der Waals surface area contributed by atoms with Crippen LogP contribution in [0, 0.1) is 0 Å². The molecule has 0 saturated heterocycles. The Hall–Kier alpha value is -1.60. The Kier molecular flexibility index (Phi) is 4.74. The third-order valence-electron chi connectivity index (χ3n) is 2.53. The number of benzene rings is 1. The van der Waals surface area contributed by atoms with E-state index in [0.29, 0.717) is 0 Å². The van der Waals surface area contributed by atoms with Gasteiger partial charge in [0.2, 0.25) is 0 Å². The summed E-state index contributed by atoms with van der Waals surface area (Å²) in [6, 6.07) is 10.2. The molecular weight excluding hydrogens is 194 g/mol. The van der Waals surface area contributed by atoms with Crippen molar-refractivity contribution in [2.24, 2.45) is 0 Å². The highest BCUT2D eigenvalue weighted by atomic mass is 14.7. The average Bonchev–Trinajstić information content (AvgIpc) is 2.29. The van der Waals surface area contributed by atoms with Gasteiger partial charge in [0.25, 0.3) is 0 Å². The lowest BCUT2D eigenvalue weighted by atomic mass is 9.91. The normalized spacial score (nSPS) is 11.6. The van der Waals surface area contributed by atoms with Gasteiger partial charge in [0.1, 0.15) is 5.54 Å². The lowest BCUT2D eigenvalue weighted by Crippen LogP contribution is -2.71. The van der Waals surface area contributed by atoms with E-state index in [1.54, 1.807) is 0 Å². The molecule has 16 heavy (non-hydrogen) atoms. The maximum absolute atomic E-state index is 4.23. The van der Waals surface area contributed by atoms with E-state index in [1.807, 2.05) is 30.4 Å². The molecule has 1 aromatic rings. The van der Waals surface area contributed by atoms with E-state index in [4.69, 9.17) is 0 Å². The molecule has 0 aliphatic heterocycles. The number of rotatable bonds is 6. The fourth-order valence-corrected chi connectivity index (χ4v) is 1.63. The van der Waals surface area contributed by atoms with Gasteiger partial charge in [-0.2, -0.15) is 0 Å². The second-order valence-electron chi connectivity index (χ2n) is 4.09. The van der Waals surface area contributed by atoms with E-state index in [0.717, 1.165) is 12.8 Å². The molecule has 0 bridgehead atoms. The molecule has 1 rings (SSSR count). The summed E-state index contributed by atoms with van der Waals surface area (Å²) in [7, 11) is 0. The smallest absolute Gasteiger partial charge is 0.120 e. The highest BCUT2D eigenvalue weighted by Crippen LogP contribution is 2.15. The Bertz CT molecular complexity index is 352. The van der Waals surface area contributed by atoms with Crippen LogP contribution in [-0.2, 0) is 0 Å². The van der Waals surface area contributed by atoms with Crippen LogP contribution in [0.25, 0.3) is 6.08 Å². The maximum Gasteiger partial charge on any atom is 0.120 e. The molecule has 0 spiro atoms. The van der Waals surface area contributed by atoms with Gasteiger partial charge < -0.3 is 5.73 Å². The lowest BCUT2D eigenvalue weighted by molar-refractivity contribution is -0.456. The summed E-state index contributed by atoms with van der Waals surface area (Å²) in [5.41, 5.74) is 5.32. The topological polar surface area (TPSA) is 27.6 Å². The highest BCUT2D eigenvalue weighted by molar-refractivity contribution is 5.50. The minimum Gasteiger partial charge on any atom is -0.349 e. The molecule has 0 radical (unpaired) electrons. The molecule has 0 aliphatic rings. The van der Waals surface area contributed by atoms with Crippen LogP contribution >= 0.6 is 0 Å². The second kappa shape index (κ2) is 6.09. The van der Waals surface area contributed by atoms with Gasteiger partial charge in [0, 0.05) is 12.8 Å². The van der Waals surface area contributed by atoms with Crippen molar-refractivity contribution in [2.45, 2.75) is 18.4 Å². The van der Waals surface area contributed by atoms with Crippen molar-refractivity contribution < 1.29 is 5.73 Å². The van der Waals surface area contributed by atoms with Crippen LogP contribution in [0.15, 0.2) is 61.7 Å². The number of quaternary nitrogens is 1. The first-order chi connectivity index (χ1) is 7.70. The molecule has 1 heteroatoms. The Morgan fingerprint density at radius 1 is 1.06 bits per heavy atom. The first-order valence-electron chi connectivity index (χ1n) is 5.52. The fraction of sp³-hybridized carbons (Fsp3) is 0.200. The van der Waals surface area contributed by atoms with Crippen LogP contribution in [0.3, 0.4) is 0 Å². The van der Waals surface area contributed by atoms with Crippen molar-refractivity contribution in [1.82, 2.24) is 0 Å². The van der Waals surface area contributed by atoms with Gasteiger partial charge >= 0.3 is 0 Å². The van der Waals surface area contributed by atoms with Crippen LogP contribution < -0.4 is 5.73 Å². The van der Waals surface area contributed by atoms with Crippen molar-refractivity contribution in [1.29, 1.82) is 0 Å². The molecule has 0 atom stereocenters. The van der Waals surface area contributed by atoms with Gasteiger partial charge in [-0.05, 0) is 11.6 Å². The van der Waals surface area contributed by atoms with Crippen molar-refractivity contribution in [3.05, 3.63) is 67.3 Å². The molecule has 3 N–H and O–H groups in total. The summed E-state index contributed by atoms with van der Waals surface area (Å²) in [6.45, 7) is 7.55. The molecular formula is C15H20N+. The zero-order chi connectivity index (χ0) is 11.9. The summed E-state index contributed by atoms with van der Waals surface area (Å²) in [5, 5.41) is 0. The van der Waals surface area contributed by atoms with E-state index in [9.17, 15) is 0 Å². The van der Waals surface area contributed by atoms with E-state index in [-0.39, 0.29) is 5.54 Å². The Labute approximate surface area is 98.0 Å². The molecule has 0 aliphatic carbocycles. The largest absolute Gasteiger partial charge is 0.349 e. The molecule has 84 valence electrons. The Balaban J connectivity index is 2.78. The number of hydrogen-bond acceptors (Lipinski definition) is 0. The first kappa shape index (κ1) is 12.5. The van der Waals surface area contributed by atoms with Crippen LogP contribution in [0.1, 0.15) is 18.4 Å². The average molecular weight is 214 g/mol. The summed E-state index contributed by atoms with van der Waals surface area (Å²) in [5.74, 6) is 0. The molecule has 0 amide bonds. The maximum atomic E-state index is 4.23. The van der Waals surface area contributed by atoms with E-state index in [1.165, 1.54) is 5.56 Å². The second-order valence-corrected chi connectivity index (χ2v) is 4.09. The minimum absolute atomic E-state index is 0.112. The van der Waals surface area contributed by atoms with Crippen LogP contribution in [0.5, 0.6) is 0 Å². The summed E-state index contributed by atoms with van der Waals surface area (Å²) in [4.78, 5) is 0. The third-order valence-corrected chi connectivity index (χ3v) is 2.53. The molecule has 0 saturated carbocycles. The van der Waals surface area contributed by atoms with Crippen molar-refractivity contribution in [2.75, 3.05) is 0 Å². The van der Waals surface area contributed by atoms with Gasteiger partial charge in [-0.3, -0.25) is 0 Å². The van der Waals surface area contributed by atoms with Gasteiger partial charge in [-0.15, -0.1) is 13.2 Å². The quantitative estimate of drug-likeness (QED) is 0.705. The lowest BCUT2D eigenvalue weighted by Gasteiger charge is -2.18. The minimum atomic E-state index is -0.112. The summed E-state index contributed by atoms with van der Waals surface area (Å²) < 4.78 is 0. The first-order valence-corrected chi connectivity index (χ1v) is 5.52. The van der Waals surface area contributed by atoms with Crippen LogP contribution in [0.2, 0.25) is 0 Å².